The Balaban J connectivity index is 2.39. The van der Waals surface area contributed by atoms with Crippen LogP contribution in [-0.4, -0.2) is 20.4 Å². The number of rotatable bonds is 6. The van der Waals surface area contributed by atoms with Gasteiger partial charge in [-0.15, -0.1) is 6.58 Å². The summed E-state index contributed by atoms with van der Waals surface area (Å²) in [5.74, 6) is 0.794. The molecule has 0 aromatic heterocycles. The average Bonchev–Trinajstić information content (AvgIpc) is 2.42. The molecule has 0 radical (unpaired) electrons. The number of anilines is 1. The van der Waals surface area contributed by atoms with Crippen LogP contribution < -0.4 is 10.1 Å². The Morgan fingerprint density at radius 1 is 1.28 bits per heavy atom. The highest BCUT2D eigenvalue weighted by Crippen LogP contribution is 2.29. The SMILES string of the molecule is C=CCNc1cc(OCOC)cc2ccccc12. The molecule has 0 atom stereocenters. The van der Waals surface area contributed by atoms with Gasteiger partial charge in [-0.25, -0.2) is 0 Å². The van der Waals surface area contributed by atoms with Crippen molar-refractivity contribution in [3.8, 4) is 5.75 Å². The Labute approximate surface area is 107 Å². The monoisotopic (exact) mass is 243 g/mol. The van der Waals surface area contributed by atoms with Gasteiger partial charge in [-0.1, -0.05) is 30.3 Å². The molecular weight excluding hydrogens is 226 g/mol. The molecule has 0 aliphatic rings. The van der Waals surface area contributed by atoms with Gasteiger partial charge < -0.3 is 14.8 Å². The second-order valence-electron chi connectivity index (χ2n) is 3.91. The first-order chi connectivity index (χ1) is 8.85. The van der Waals surface area contributed by atoms with Crippen LogP contribution in [0.3, 0.4) is 0 Å². The van der Waals surface area contributed by atoms with Gasteiger partial charge in [0.1, 0.15) is 5.75 Å². The van der Waals surface area contributed by atoms with Gasteiger partial charge in [0.05, 0.1) is 0 Å². The number of hydrogen-bond donors (Lipinski definition) is 1. The van der Waals surface area contributed by atoms with E-state index >= 15 is 0 Å². The zero-order valence-electron chi connectivity index (χ0n) is 10.5. The summed E-state index contributed by atoms with van der Waals surface area (Å²) in [6.07, 6.45) is 1.83. The maximum atomic E-state index is 5.50. The Morgan fingerprint density at radius 2 is 2.11 bits per heavy atom. The van der Waals surface area contributed by atoms with Crippen molar-refractivity contribution in [3.63, 3.8) is 0 Å². The number of ether oxygens (including phenoxy) is 2. The van der Waals surface area contributed by atoms with Gasteiger partial charge in [-0.05, 0) is 11.5 Å². The summed E-state index contributed by atoms with van der Waals surface area (Å²) in [6.45, 7) is 4.68. The average molecular weight is 243 g/mol. The molecule has 0 spiro atoms. The maximum Gasteiger partial charge on any atom is 0.188 e. The predicted molar refractivity (Wildman–Crippen MR) is 75.1 cm³/mol. The number of benzene rings is 2. The van der Waals surface area contributed by atoms with Gasteiger partial charge in [0.25, 0.3) is 0 Å². The van der Waals surface area contributed by atoms with Crippen molar-refractivity contribution in [2.45, 2.75) is 0 Å². The Morgan fingerprint density at radius 3 is 2.89 bits per heavy atom. The highest BCUT2D eigenvalue weighted by atomic mass is 16.7. The van der Waals surface area contributed by atoms with Crippen molar-refractivity contribution in [1.82, 2.24) is 0 Å². The smallest absolute Gasteiger partial charge is 0.188 e. The molecule has 0 fully saturated rings. The van der Waals surface area contributed by atoms with E-state index in [1.165, 1.54) is 5.39 Å². The summed E-state index contributed by atoms with van der Waals surface area (Å²) in [5.41, 5.74) is 1.04. The highest BCUT2D eigenvalue weighted by Gasteiger charge is 2.04. The Kier molecular flexibility index (Phi) is 4.20. The number of methoxy groups -OCH3 is 1. The van der Waals surface area contributed by atoms with Crippen LogP contribution in [0, 0.1) is 0 Å². The van der Waals surface area contributed by atoms with E-state index in [1.54, 1.807) is 7.11 Å². The fourth-order valence-corrected chi connectivity index (χ4v) is 1.82. The van der Waals surface area contributed by atoms with Gasteiger partial charge in [-0.3, -0.25) is 0 Å². The van der Waals surface area contributed by atoms with Gasteiger partial charge >= 0.3 is 0 Å². The minimum atomic E-state index is 0.249. The molecule has 0 saturated heterocycles. The second-order valence-corrected chi connectivity index (χ2v) is 3.91. The molecule has 0 heterocycles. The van der Waals surface area contributed by atoms with Crippen LogP contribution >= 0.6 is 0 Å². The highest BCUT2D eigenvalue weighted by molar-refractivity contribution is 5.95. The molecule has 0 unspecified atom stereocenters. The van der Waals surface area contributed by atoms with Crippen molar-refractivity contribution < 1.29 is 9.47 Å². The third-order valence-corrected chi connectivity index (χ3v) is 2.62. The van der Waals surface area contributed by atoms with Crippen LogP contribution in [0.5, 0.6) is 5.75 Å². The van der Waals surface area contributed by atoms with Crippen molar-refractivity contribution in [1.29, 1.82) is 0 Å². The minimum absolute atomic E-state index is 0.249. The molecule has 3 heteroatoms. The summed E-state index contributed by atoms with van der Waals surface area (Å²) < 4.78 is 10.4. The molecule has 0 amide bonds. The van der Waals surface area contributed by atoms with Gasteiger partial charge in [0.2, 0.25) is 0 Å². The quantitative estimate of drug-likeness (QED) is 0.623. The van der Waals surface area contributed by atoms with Crippen molar-refractivity contribution in [2.24, 2.45) is 0 Å². The molecule has 0 bridgehead atoms. The van der Waals surface area contributed by atoms with Crippen LogP contribution in [0.15, 0.2) is 49.1 Å². The number of nitrogens with one attached hydrogen (secondary N) is 1. The molecule has 0 aliphatic carbocycles. The van der Waals surface area contributed by atoms with E-state index in [0.717, 1.165) is 23.4 Å². The van der Waals surface area contributed by atoms with Gasteiger partial charge in [0, 0.05) is 30.8 Å². The standard InChI is InChI=1S/C15H17NO2/c1-3-8-16-15-10-13(18-11-17-2)9-12-6-4-5-7-14(12)15/h3-7,9-10,16H,1,8,11H2,2H3. The lowest BCUT2D eigenvalue weighted by Crippen LogP contribution is -2.02. The maximum absolute atomic E-state index is 5.50. The lowest BCUT2D eigenvalue weighted by Gasteiger charge is -2.12. The first-order valence-corrected chi connectivity index (χ1v) is 5.84. The largest absolute Gasteiger partial charge is 0.467 e. The van der Waals surface area contributed by atoms with E-state index in [9.17, 15) is 0 Å². The molecule has 18 heavy (non-hydrogen) atoms. The fraction of sp³-hybridized carbons (Fsp3) is 0.200. The lowest BCUT2D eigenvalue weighted by molar-refractivity contribution is 0.0513. The van der Waals surface area contributed by atoms with Gasteiger partial charge in [0.15, 0.2) is 6.79 Å². The van der Waals surface area contributed by atoms with E-state index in [4.69, 9.17) is 9.47 Å². The summed E-state index contributed by atoms with van der Waals surface area (Å²) in [7, 11) is 1.61. The summed E-state index contributed by atoms with van der Waals surface area (Å²) >= 11 is 0. The van der Waals surface area contributed by atoms with E-state index in [2.05, 4.69) is 24.0 Å². The lowest BCUT2D eigenvalue weighted by atomic mass is 10.1. The van der Waals surface area contributed by atoms with Crippen molar-refractivity contribution in [2.75, 3.05) is 25.8 Å². The zero-order valence-corrected chi connectivity index (χ0v) is 10.5. The van der Waals surface area contributed by atoms with E-state index < -0.39 is 0 Å². The first-order valence-electron chi connectivity index (χ1n) is 5.84. The molecular formula is C15H17NO2. The summed E-state index contributed by atoms with van der Waals surface area (Å²) in [5, 5.41) is 5.62. The van der Waals surface area contributed by atoms with Crippen molar-refractivity contribution >= 4 is 16.5 Å². The third-order valence-electron chi connectivity index (χ3n) is 2.62. The second kappa shape index (κ2) is 6.07. The molecule has 3 nitrogen and oxygen atoms in total. The number of hydrogen-bond acceptors (Lipinski definition) is 3. The van der Waals surface area contributed by atoms with Crippen molar-refractivity contribution in [3.05, 3.63) is 49.1 Å². The summed E-state index contributed by atoms with van der Waals surface area (Å²) in [4.78, 5) is 0. The molecule has 1 N–H and O–H groups in total. The van der Waals surface area contributed by atoms with Crippen LogP contribution in [-0.2, 0) is 4.74 Å². The van der Waals surface area contributed by atoms with Crippen LogP contribution in [0.1, 0.15) is 0 Å². The molecule has 2 aromatic rings. The first kappa shape index (κ1) is 12.5. The predicted octanol–water partition coefficient (Wildman–Crippen LogP) is 3.42. The van der Waals surface area contributed by atoms with Crippen LogP contribution in [0.2, 0.25) is 0 Å². The molecule has 2 rings (SSSR count). The topological polar surface area (TPSA) is 30.5 Å². The fourth-order valence-electron chi connectivity index (χ4n) is 1.82. The van der Waals surface area contributed by atoms with Gasteiger partial charge in [-0.2, -0.15) is 0 Å². The third kappa shape index (κ3) is 2.81. The van der Waals surface area contributed by atoms with Crippen LogP contribution in [0.25, 0.3) is 10.8 Å². The Bertz CT molecular complexity index is 537. The normalized spacial score (nSPS) is 10.3. The minimum Gasteiger partial charge on any atom is -0.467 e. The molecule has 2 aromatic carbocycles. The Hall–Kier alpha value is -2.00. The molecule has 94 valence electrons. The van der Waals surface area contributed by atoms with Crippen LogP contribution in [0.4, 0.5) is 5.69 Å². The zero-order chi connectivity index (χ0) is 12.8. The van der Waals surface area contributed by atoms with E-state index in [-0.39, 0.29) is 6.79 Å². The molecule has 0 aliphatic heterocycles. The van der Waals surface area contributed by atoms with E-state index in [0.29, 0.717) is 0 Å². The molecule has 0 saturated carbocycles. The summed E-state index contributed by atoms with van der Waals surface area (Å²) in [6, 6.07) is 12.2. The number of fused-ring (bicyclic) bond motifs is 1. The van der Waals surface area contributed by atoms with E-state index in [1.807, 2.05) is 30.3 Å².